The fourth-order valence-corrected chi connectivity index (χ4v) is 2.71. The average molecular weight is 289 g/mol. The molecule has 1 aromatic carbocycles. The minimum Gasteiger partial charge on any atom is -0.346 e. The number of benzene rings is 1. The number of rotatable bonds is 4. The van der Waals surface area contributed by atoms with Gasteiger partial charge in [0.1, 0.15) is 0 Å². The van der Waals surface area contributed by atoms with E-state index in [9.17, 15) is 9.59 Å². The Hall–Kier alpha value is -1.88. The van der Waals surface area contributed by atoms with Crippen LogP contribution in [0.2, 0.25) is 0 Å². The molecular weight excluding hydrogens is 266 g/mol. The smallest absolute Gasteiger partial charge is 0.242 e. The molecule has 1 aliphatic heterocycles. The number of aryl methyl sites for hydroxylation is 1. The summed E-state index contributed by atoms with van der Waals surface area (Å²) in [4.78, 5) is 25.4. The van der Waals surface area contributed by atoms with Gasteiger partial charge in [-0.1, -0.05) is 29.8 Å². The second-order valence-corrected chi connectivity index (χ2v) is 5.49. The fraction of sp³-hybridized carbons (Fsp3) is 0.500. The first-order valence-corrected chi connectivity index (χ1v) is 7.44. The van der Waals surface area contributed by atoms with Gasteiger partial charge in [0.2, 0.25) is 11.8 Å². The molecule has 0 aliphatic carbocycles. The van der Waals surface area contributed by atoms with Gasteiger partial charge in [0, 0.05) is 6.54 Å². The first-order chi connectivity index (χ1) is 10.1. The molecule has 1 fully saturated rings. The minimum absolute atomic E-state index is 0.0262. The Kier molecular flexibility index (Phi) is 5.33. The van der Waals surface area contributed by atoms with E-state index in [4.69, 9.17) is 5.73 Å². The standard InChI is InChI=1S/C16H23N3O2/c1-12-5-7-13(8-6-12)14-4-2-3-9-19(14)16(21)11-18-15(20)10-17/h5-8,14H,2-4,9-11,17H2,1H3,(H,18,20). The number of nitrogens with one attached hydrogen (secondary N) is 1. The molecule has 1 saturated heterocycles. The van der Waals surface area contributed by atoms with Crippen molar-refractivity contribution in [3.63, 3.8) is 0 Å². The lowest BCUT2D eigenvalue weighted by Crippen LogP contribution is -2.45. The number of amides is 2. The molecule has 21 heavy (non-hydrogen) atoms. The van der Waals surface area contributed by atoms with E-state index in [-0.39, 0.29) is 30.9 Å². The van der Waals surface area contributed by atoms with Crippen LogP contribution in [0, 0.1) is 6.92 Å². The molecule has 1 atom stereocenters. The third-order valence-corrected chi connectivity index (χ3v) is 3.91. The van der Waals surface area contributed by atoms with Gasteiger partial charge in [-0.25, -0.2) is 0 Å². The summed E-state index contributed by atoms with van der Waals surface area (Å²) < 4.78 is 0. The number of nitrogens with zero attached hydrogens (tertiary/aromatic N) is 1. The lowest BCUT2D eigenvalue weighted by atomic mass is 9.94. The Morgan fingerprint density at radius 2 is 2.00 bits per heavy atom. The van der Waals surface area contributed by atoms with Crippen molar-refractivity contribution in [3.05, 3.63) is 35.4 Å². The molecule has 114 valence electrons. The van der Waals surface area contributed by atoms with E-state index in [0.717, 1.165) is 25.8 Å². The molecule has 5 nitrogen and oxygen atoms in total. The topological polar surface area (TPSA) is 75.4 Å². The Balaban J connectivity index is 2.06. The zero-order valence-electron chi connectivity index (χ0n) is 12.5. The van der Waals surface area contributed by atoms with Crippen molar-refractivity contribution in [1.82, 2.24) is 10.2 Å². The summed E-state index contributed by atoms with van der Waals surface area (Å²) in [5, 5.41) is 2.56. The summed E-state index contributed by atoms with van der Waals surface area (Å²) in [7, 11) is 0. The summed E-state index contributed by atoms with van der Waals surface area (Å²) in [6.07, 6.45) is 3.11. The molecule has 5 heteroatoms. The molecule has 0 spiro atoms. The van der Waals surface area contributed by atoms with Gasteiger partial charge in [-0.3, -0.25) is 9.59 Å². The summed E-state index contributed by atoms with van der Waals surface area (Å²) in [5.74, 6) is -0.339. The highest BCUT2D eigenvalue weighted by atomic mass is 16.2. The van der Waals surface area contributed by atoms with Crippen LogP contribution in [0.5, 0.6) is 0 Å². The normalized spacial score (nSPS) is 18.4. The van der Waals surface area contributed by atoms with Crippen molar-refractivity contribution in [3.8, 4) is 0 Å². The maximum Gasteiger partial charge on any atom is 0.242 e. The predicted octanol–water partition coefficient (Wildman–Crippen LogP) is 1.12. The van der Waals surface area contributed by atoms with Crippen LogP contribution >= 0.6 is 0 Å². The molecular formula is C16H23N3O2. The third-order valence-electron chi connectivity index (χ3n) is 3.91. The molecule has 0 radical (unpaired) electrons. The van der Waals surface area contributed by atoms with Gasteiger partial charge in [-0.05, 0) is 31.7 Å². The predicted molar refractivity (Wildman–Crippen MR) is 81.5 cm³/mol. The molecule has 0 saturated carbocycles. The summed E-state index contributed by atoms with van der Waals surface area (Å²) >= 11 is 0. The SMILES string of the molecule is Cc1ccc(C2CCCCN2C(=O)CNC(=O)CN)cc1. The molecule has 1 aliphatic rings. The van der Waals surface area contributed by atoms with Crippen molar-refractivity contribution >= 4 is 11.8 Å². The quantitative estimate of drug-likeness (QED) is 0.872. The second-order valence-electron chi connectivity index (χ2n) is 5.49. The molecule has 0 bridgehead atoms. The van der Waals surface area contributed by atoms with E-state index < -0.39 is 0 Å². The molecule has 3 N–H and O–H groups in total. The van der Waals surface area contributed by atoms with Crippen LogP contribution in [0.15, 0.2) is 24.3 Å². The maximum absolute atomic E-state index is 12.3. The first kappa shape index (κ1) is 15.5. The van der Waals surface area contributed by atoms with Gasteiger partial charge < -0.3 is 16.0 Å². The fourth-order valence-electron chi connectivity index (χ4n) is 2.71. The number of likely N-dealkylation sites (tertiary alicyclic amines) is 1. The Labute approximate surface area is 125 Å². The number of carbonyl (C=O) groups excluding carboxylic acids is 2. The number of hydrogen-bond donors (Lipinski definition) is 2. The highest BCUT2D eigenvalue weighted by Crippen LogP contribution is 2.30. The molecule has 1 aromatic rings. The molecule has 2 rings (SSSR count). The summed E-state index contributed by atoms with van der Waals surface area (Å²) in [6, 6.07) is 8.43. The van der Waals surface area contributed by atoms with E-state index in [0.29, 0.717) is 0 Å². The second kappa shape index (κ2) is 7.22. The first-order valence-electron chi connectivity index (χ1n) is 7.44. The Morgan fingerprint density at radius 3 is 2.67 bits per heavy atom. The van der Waals surface area contributed by atoms with Crippen molar-refractivity contribution in [2.75, 3.05) is 19.6 Å². The molecule has 2 amide bonds. The van der Waals surface area contributed by atoms with E-state index in [2.05, 4.69) is 36.5 Å². The van der Waals surface area contributed by atoms with Crippen LogP contribution in [0.25, 0.3) is 0 Å². The van der Waals surface area contributed by atoms with Gasteiger partial charge >= 0.3 is 0 Å². The van der Waals surface area contributed by atoms with Gasteiger partial charge in [0.25, 0.3) is 0 Å². The maximum atomic E-state index is 12.3. The van der Waals surface area contributed by atoms with E-state index in [1.54, 1.807) is 0 Å². The Bertz CT molecular complexity index is 499. The highest BCUT2D eigenvalue weighted by Gasteiger charge is 2.27. The molecule has 0 aromatic heterocycles. The zero-order valence-corrected chi connectivity index (χ0v) is 12.5. The highest BCUT2D eigenvalue weighted by molar-refractivity contribution is 5.85. The van der Waals surface area contributed by atoms with Gasteiger partial charge in [-0.2, -0.15) is 0 Å². The lowest BCUT2D eigenvalue weighted by molar-refractivity contribution is -0.136. The van der Waals surface area contributed by atoms with E-state index in [1.165, 1.54) is 11.1 Å². The third kappa shape index (κ3) is 4.04. The number of nitrogens with two attached hydrogens (primary N) is 1. The van der Waals surface area contributed by atoms with Crippen molar-refractivity contribution in [2.24, 2.45) is 5.73 Å². The number of carbonyl (C=O) groups is 2. The zero-order chi connectivity index (χ0) is 15.2. The van der Waals surface area contributed by atoms with Crippen LogP contribution in [-0.4, -0.2) is 36.3 Å². The monoisotopic (exact) mass is 289 g/mol. The molecule has 1 unspecified atom stereocenters. The van der Waals surface area contributed by atoms with E-state index >= 15 is 0 Å². The molecule has 1 heterocycles. The van der Waals surface area contributed by atoms with Gasteiger partial charge in [0.15, 0.2) is 0 Å². The Morgan fingerprint density at radius 1 is 1.29 bits per heavy atom. The number of hydrogen-bond acceptors (Lipinski definition) is 3. The van der Waals surface area contributed by atoms with Crippen molar-refractivity contribution in [2.45, 2.75) is 32.2 Å². The van der Waals surface area contributed by atoms with Gasteiger partial charge in [0.05, 0.1) is 19.1 Å². The average Bonchev–Trinajstić information content (AvgIpc) is 2.53. The summed E-state index contributed by atoms with van der Waals surface area (Å²) in [5.41, 5.74) is 7.61. The number of piperidine rings is 1. The van der Waals surface area contributed by atoms with Crippen LogP contribution in [0.1, 0.15) is 36.4 Å². The van der Waals surface area contributed by atoms with Crippen molar-refractivity contribution < 1.29 is 9.59 Å². The minimum atomic E-state index is -0.299. The lowest BCUT2D eigenvalue weighted by Gasteiger charge is -2.36. The van der Waals surface area contributed by atoms with Gasteiger partial charge in [-0.15, -0.1) is 0 Å². The van der Waals surface area contributed by atoms with E-state index in [1.807, 2.05) is 4.90 Å². The van der Waals surface area contributed by atoms with Crippen LogP contribution in [0.3, 0.4) is 0 Å². The van der Waals surface area contributed by atoms with Crippen molar-refractivity contribution in [1.29, 1.82) is 0 Å². The summed E-state index contributed by atoms with van der Waals surface area (Å²) in [6.45, 7) is 2.73. The van der Waals surface area contributed by atoms with Crippen LogP contribution in [0.4, 0.5) is 0 Å². The van der Waals surface area contributed by atoms with Crippen LogP contribution in [-0.2, 0) is 9.59 Å². The van der Waals surface area contributed by atoms with Crippen LogP contribution < -0.4 is 11.1 Å². The largest absolute Gasteiger partial charge is 0.346 e.